The minimum absolute atomic E-state index is 0.000581. The molecule has 16 rings (SSSR count). The first-order valence-corrected chi connectivity index (χ1v) is 54.6. The van der Waals surface area contributed by atoms with E-state index in [-0.39, 0.29) is 148 Å². The van der Waals surface area contributed by atoms with Gasteiger partial charge in [-0.2, -0.15) is 0 Å². The Morgan fingerprint density at radius 2 is 0.500 bits per heavy atom. The SMILES string of the molecule is C=C([C@@H](O)[C@H](O)[C@@H](C)[C@H]1CCC2C3CC(=O)C4C[C@H](O)[C@H](O)C[C@]4(C)C3CC[C@@]21C)C(C)(C)C.CC(C)[C@@H](C)[C@@H](O)[C@H](O)[C@@H](C)[C@H]1CCC2C3CC(=O)C4C[C@H](O)[C@H](O)C[C@]4(C)C3CC[C@@]21C.CC(C)[C@H](C)[C@@H](O)[C@H](O)[C@@H](C)[C@H]1CCC2C3CC(=O)C4C[C@H](O)[C@@H](O)C[C@]4(C)C3CC[C@@]21C.C[C@H]([C@@H](O)[C@H](O)[C@@H](C)C(C)(C)C)[C@H]1CCC2C3CC(=O)C4C[C@H](O)[C@H](O)C[C@]4(C)C3CC[C@@]21C. The van der Waals surface area contributed by atoms with Crippen molar-refractivity contribution in [2.24, 2.45) is 226 Å². The van der Waals surface area contributed by atoms with Crippen LogP contribution in [0.2, 0.25) is 0 Å². The Morgan fingerprint density at radius 1 is 0.291 bits per heavy atom. The molecule has 51 atom stereocenters. The second-order valence-corrected chi connectivity index (χ2v) is 55.1. The van der Waals surface area contributed by atoms with E-state index >= 15 is 0 Å². The van der Waals surface area contributed by atoms with E-state index in [9.17, 15) is 101 Å². The lowest BCUT2D eigenvalue weighted by atomic mass is 9.44. The summed E-state index contributed by atoms with van der Waals surface area (Å²) >= 11 is 0. The lowest BCUT2D eigenvalue weighted by Crippen LogP contribution is -2.59. The standard InChI is InChI=1S/C29H50O5.C29H48O5.2C28H48O5/c2*1-15(25(33)26(34)16(2)27(3,4)5)18-8-9-19-17-12-22(30)21-13-23(31)24(32)14-29(21,7)20(17)10-11-28(18,19)6;2*1-14(2)15(3)25(32)26(33)16(4)18-7-8-19-17-11-22(29)21-12-23(30)24(31)13-28(21,6)20(17)9-10-27(18,19)5/h15-21,23-26,31-34H,8-14H2,1-7H3;15,17-21,23-26,31-34H,2,8-14H2,1,3-7H3;2*14-21,23-26,30-33H,7-13H2,1-6H3/t15-,16+,17?,18+,19?,20?,21?,23-,24+,25+,26+,28+,29+;15-,17?,18+,19?,20?,21?,23-,24+,25+,26+,28+,29+;15-,16+,17?,18-,19?,20?,21?,23+,24-,25-,26-,27-,28-;15-,16-,17?,18+,19?,20?,21?,23-,24-,25+,26+,27+,28+/m0010/s1. The molecule has 770 valence electrons. The number of aliphatic hydroxyl groups excluding tert-OH is 16. The molecule has 0 aliphatic heterocycles. The van der Waals surface area contributed by atoms with Crippen LogP contribution in [0.5, 0.6) is 0 Å². The average Bonchev–Trinajstić information content (AvgIpc) is 1.43. The number of carbonyl (C=O) groups excluding carboxylic acids is 4. The highest BCUT2D eigenvalue weighted by molar-refractivity contribution is 5.85. The summed E-state index contributed by atoms with van der Waals surface area (Å²) in [6, 6.07) is 0. The van der Waals surface area contributed by atoms with Gasteiger partial charge in [0.1, 0.15) is 29.2 Å². The molecule has 16 N–H and O–H groups in total. The maximum absolute atomic E-state index is 13.3. The van der Waals surface area contributed by atoms with E-state index in [1.807, 2.05) is 41.5 Å². The molecule has 20 nitrogen and oxygen atoms in total. The van der Waals surface area contributed by atoms with Crippen molar-refractivity contribution in [3.63, 3.8) is 0 Å². The van der Waals surface area contributed by atoms with Gasteiger partial charge in [0, 0.05) is 49.4 Å². The van der Waals surface area contributed by atoms with E-state index in [1.54, 1.807) is 0 Å². The van der Waals surface area contributed by atoms with Crippen LogP contribution in [0.3, 0.4) is 0 Å². The van der Waals surface area contributed by atoms with Crippen LogP contribution in [-0.4, -0.2) is 203 Å². The van der Waals surface area contributed by atoms with Gasteiger partial charge in [-0.1, -0.05) is 180 Å². The number of fused-ring (bicyclic) bond motifs is 20. The maximum atomic E-state index is 13.3. The summed E-state index contributed by atoms with van der Waals surface area (Å²) in [7, 11) is 0. The van der Waals surface area contributed by atoms with Crippen molar-refractivity contribution >= 4 is 23.1 Å². The quantitative estimate of drug-likeness (QED) is 0.0567. The van der Waals surface area contributed by atoms with Crippen molar-refractivity contribution in [2.45, 2.75) is 451 Å². The molecule has 0 heterocycles. The maximum Gasteiger partial charge on any atom is 0.136 e. The predicted octanol–water partition coefficient (Wildman–Crippen LogP) is 15.9. The Bertz CT molecular complexity index is 3960. The molecule has 0 aromatic rings. The molecule has 0 saturated heterocycles. The molecule has 16 aliphatic rings. The molecule has 20 heteroatoms. The van der Waals surface area contributed by atoms with Gasteiger partial charge in [0.05, 0.1) is 91.6 Å². The number of aliphatic hydroxyl groups is 16. The van der Waals surface area contributed by atoms with Crippen molar-refractivity contribution in [2.75, 3.05) is 0 Å². The van der Waals surface area contributed by atoms with Crippen LogP contribution in [0.25, 0.3) is 0 Å². The summed E-state index contributed by atoms with van der Waals surface area (Å²) in [4.78, 5) is 53.3. The van der Waals surface area contributed by atoms with Crippen molar-refractivity contribution in [1.82, 2.24) is 0 Å². The van der Waals surface area contributed by atoms with E-state index in [2.05, 4.69) is 138 Å². The van der Waals surface area contributed by atoms with Crippen molar-refractivity contribution in [3.8, 4) is 0 Å². The second kappa shape index (κ2) is 39.6. The Kier molecular flexibility index (Phi) is 32.2. The second-order valence-electron chi connectivity index (χ2n) is 55.1. The van der Waals surface area contributed by atoms with Gasteiger partial charge in [-0.05, 0) is 362 Å². The molecule has 0 amide bonds. The van der Waals surface area contributed by atoms with Gasteiger partial charge in [-0.15, -0.1) is 0 Å². The summed E-state index contributed by atoms with van der Waals surface area (Å²) in [6.07, 6.45) is 10.6. The van der Waals surface area contributed by atoms with E-state index in [1.165, 1.54) is 0 Å². The average molecular weight is 1880 g/mol. The minimum atomic E-state index is -0.944. The van der Waals surface area contributed by atoms with Gasteiger partial charge >= 0.3 is 0 Å². The fraction of sp³-hybridized carbons (Fsp3) is 0.947. The normalized spacial score (nSPS) is 48.4. The highest BCUT2D eigenvalue weighted by Crippen LogP contribution is 2.74. The molecule has 0 radical (unpaired) electrons. The van der Waals surface area contributed by atoms with Crippen LogP contribution in [0, 0.1) is 226 Å². The number of carbonyl (C=O) groups is 4. The van der Waals surface area contributed by atoms with Crippen LogP contribution in [-0.2, 0) is 19.2 Å². The lowest BCUT2D eigenvalue weighted by Gasteiger charge is -2.61. The van der Waals surface area contributed by atoms with Gasteiger partial charge in [-0.25, -0.2) is 0 Å². The molecule has 134 heavy (non-hydrogen) atoms. The summed E-state index contributed by atoms with van der Waals surface area (Å²) in [5, 5.41) is 171. The number of Topliss-reactive ketones (excluding diaryl/α,β-unsaturated/α-hetero) is 4. The largest absolute Gasteiger partial charge is 0.390 e. The van der Waals surface area contributed by atoms with Crippen molar-refractivity contribution in [3.05, 3.63) is 12.2 Å². The third-order valence-corrected chi connectivity index (χ3v) is 46.6. The molecule has 0 bridgehead atoms. The topological polar surface area (TPSA) is 392 Å². The van der Waals surface area contributed by atoms with Gasteiger partial charge < -0.3 is 81.7 Å². The first-order valence-electron chi connectivity index (χ1n) is 54.6. The third kappa shape index (κ3) is 18.9. The zero-order valence-corrected chi connectivity index (χ0v) is 87.8. The van der Waals surface area contributed by atoms with Crippen molar-refractivity contribution in [1.29, 1.82) is 0 Å². The fourth-order valence-corrected chi connectivity index (χ4v) is 36.9. The fourth-order valence-electron chi connectivity index (χ4n) is 36.9. The van der Waals surface area contributed by atoms with Crippen LogP contribution >= 0.6 is 0 Å². The monoisotopic (exact) mass is 1880 g/mol. The molecule has 16 aliphatic carbocycles. The molecular formula is C114H194O20. The smallest absolute Gasteiger partial charge is 0.136 e. The number of rotatable bonds is 18. The van der Waals surface area contributed by atoms with E-state index in [0.717, 1.165) is 103 Å². The van der Waals surface area contributed by atoms with E-state index < -0.39 is 97.7 Å². The Hall–Kier alpha value is -2.22. The zero-order valence-electron chi connectivity index (χ0n) is 87.8. The highest BCUT2D eigenvalue weighted by Gasteiger charge is 2.70. The summed E-state index contributed by atoms with van der Waals surface area (Å²) < 4.78 is 0. The molecule has 0 spiro atoms. The molecule has 0 aromatic heterocycles. The molecule has 16 unspecified atom stereocenters. The summed E-state index contributed by atoms with van der Waals surface area (Å²) in [6.45, 7) is 57.6. The summed E-state index contributed by atoms with van der Waals surface area (Å²) in [5.74, 6) is 7.19. The van der Waals surface area contributed by atoms with E-state index in [0.29, 0.717) is 183 Å². The van der Waals surface area contributed by atoms with E-state index in [4.69, 9.17) is 0 Å². The lowest BCUT2D eigenvalue weighted by molar-refractivity contribution is -0.175. The zero-order chi connectivity index (χ0) is 99.7. The first kappa shape index (κ1) is 109. The predicted molar refractivity (Wildman–Crippen MR) is 522 cm³/mol. The van der Waals surface area contributed by atoms with Crippen molar-refractivity contribution < 1.29 is 101 Å². The van der Waals surface area contributed by atoms with Gasteiger partial charge in [-0.3, -0.25) is 19.2 Å². The molecule has 0 aromatic carbocycles. The molecule has 16 fully saturated rings. The summed E-state index contributed by atoms with van der Waals surface area (Å²) in [5.41, 5.74) is -0.394. The van der Waals surface area contributed by atoms with Crippen LogP contribution < -0.4 is 0 Å². The van der Waals surface area contributed by atoms with Gasteiger partial charge in [0.2, 0.25) is 0 Å². The van der Waals surface area contributed by atoms with Gasteiger partial charge in [0.15, 0.2) is 0 Å². The Labute approximate surface area is 808 Å². The number of ketones is 4. The Morgan fingerprint density at radius 3 is 0.709 bits per heavy atom. The number of hydrogen-bond acceptors (Lipinski definition) is 20. The first-order chi connectivity index (χ1) is 61.9. The highest BCUT2D eigenvalue weighted by atomic mass is 16.4. The van der Waals surface area contributed by atoms with Crippen LogP contribution in [0.4, 0.5) is 0 Å². The van der Waals surface area contributed by atoms with Crippen LogP contribution in [0.15, 0.2) is 12.2 Å². The third-order valence-electron chi connectivity index (χ3n) is 46.6. The molecular weight excluding hydrogens is 1690 g/mol. The van der Waals surface area contributed by atoms with Gasteiger partial charge in [0.25, 0.3) is 0 Å². The molecule has 16 saturated carbocycles. The minimum Gasteiger partial charge on any atom is -0.390 e. The van der Waals surface area contributed by atoms with Crippen LogP contribution in [0.1, 0.15) is 353 Å². The Balaban J connectivity index is 0.000000152. The number of hydrogen-bond donors (Lipinski definition) is 16.